The molecule has 0 aromatic heterocycles. The highest BCUT2D eigenvalue weighted by molar-refractivity contribution is 8.78. The lowest BCUT2D eigenvalue weighted by atomic mass is 9.79. The van der Waals surface area contributed by atoms with Gasteiger partial charge in [0.25, 0.3) is 11.8 Å². The predicted octanol–water partition coefficient (Wildman–Crippen LogP) is 3.03. The lowest BCUT2D eigenvalue weighted by Gasteiger charge is -2.58. The van der Waals surface area contributed by atoms with Crippen molar-refractivity contribution in [3.05, 3.63) is 23.8 Å². The smallest absolute Gasteiger partial charge is 0.261 e. The molecule has 6 aliphatic rings. The number of carbonyl (C=O) groups excluding carboxylic acids is 2. The summed E-state index contributed by atoms with van der Waals surface area (Å²) in [7, 11) is 2.93. The number of nitrogens with zero attached hydrogens (tertiary/aromatic N) is 3. The molecule has 1 aliphatic carbocycles. The van der Waals surface area contributed by atoms with Gasteiger partial charge < -0.3 is 19.3 Å². The fourth-order valence-electron chi connectivity index (χ4n) is 5.22. The first kappa shape index (κ1) is 17.8. The molecule has 7 rings (SSSR count). The average molecular weight is 430 g/mol. The summed E-state index contributed by atoms with van der Waals surface area (Å²) in [6.07, 6.45) is 2.20. The fraction of sp³-hybridized carbons (Fsp3) is 0.550. The molecule has 4 atom stereocenters. The van der Waals surface area contributed by atoms with Gasteiger partial charge in [0.15, 0.2) is 21.2 Å². The normalized spacial score (nSPS) is 39.7. The number of benzene rings is 1. The minimum atomic E-state index is -1.03. The van der Waals surface area contributed by atoms with Gasteiger partial charge in [0.05, 0.1) is 17.5 Å². The van der Waals surface area contributed by atoms with E-state index in [2.05, 4.69) is 6.07 Å². The summed E-state index contributed by atoms with van der Waals surface area (Å²) < 4.78 is 10.9. The van der Waals surface area contributed by atoms with Crippen molar-refractivity contribution in [2.45, 2.75) is 54.9 Å². The van der Waals surface area contributed by atoms with E-state index in [0.717, 1.165) is 18.4 Å². The Bertz CT molecular complexity index is 1020. The van der Waals surface area contributed by atoms with Crippen LogP contribution in [-0.2, 0) is 9.59 Å². The van der Waals surface area contributed by atoms with Crippen molar-refractivity contribution in [3.8, 4) is 17.6 Å². The molecule has 5 heterocycles. The molecule has 2 bridgehead atoms. The predicted molar refractivity (Wildman–Crippen MR) is 107 cm³/mol. The molecule has 0 N–H and O–H groups in total. The summed E-state index contributed by atoms with van der Waals surface area (Å²) in [5.41, 5.74) is -0.0896. The van der Waals surface area contributed by atoms with Crippen LogP contribution in [-0.4, -0.2) is 44.2 Å². The highest BCUT2D eigenvalue weighted by Gasteiger charge is 2.76. The fourth-order valence-corrected chi connectivity index (χ4v) is 8.79. The van der Waals surface area contributed by atoms with Crippen molar-refractivity contribution >= 4 is 33.4 Å². The molecular weight excluding hydrogens is 410 g/mol. The van der Waals surface area contributed by atoms with Crippen LogP contribution >= 0.6 is 21.6 Å². The van der Waals surface area contributed by atoms with E-state index in [1.54, 1.807) is 4.90 Å². The Balaban J connectivity index is 1.53. The number of hydrogen-bond donors (Lipinski definition) is 0. The Morgan fingerprint density at radius 3 is 2.59 bits per heavy atom. The third-order valence-electron chi connectivity index (χ3n) is 6.71. The number of nitriles is 1. The van der Waals surface area contributed by atoms with E-state index in [-0.39, 0.29) is 24.6 Å². The van der Waals surface area contributed by atoms with E-state index >= 15 is 0 Å². The summed E-state index contributed by atoms with van der Waals surface area (Å²) in [5, 5.41) is 10.2. The second-order valence-corrected chi connectivity index (χ2v) is 11.5. The molecule has 9 heteroatoms. The van der Waals surface area contributed by atoms with Gasteiger partial charge in [-0.1, -0.05) is 27.7 Å². The van der Waals surface area contributed by atoms with Crippen LogP contribution in [0.4, 0.5) is 0 Å². The summed E-state index contributed by atoms with van der Waals surface area (Å²) in [4.78, 5) is 29.1. The van der Waals surface area contributed by atoms with E-state index in [4.69, 9.17) is 9.47 Å². The van der Waals surface area contributed by atoms with Gasteiger partial charge in [0.1, 0.15) is 0 Å². The van der Waals surface area contributed by atoms with Crippen LogP contribution in [0.25, 0.3) is 0 Å². The van der Waals surface area contributed by atoms with Gasteiger partial charge in [0.2, 0.25) is 6.79 Å². The number of fused-ring (bicyclic) bond motifs is 3. The van der Waals surface area contributed by atoms with Crippen molar-refractivity contribution in [3.63, 3.8) is 0 Å². The second kappa shape index (κ2) is 5.35. The second-order valence-electron chi connectivity index (χ2n) is 8.74. The molecule has 2 amide bonds. The summed E-state index contributed by atoms with van der Waals surface area (Å²) in [6, 6.07) is 7.61. The maximum absolute atomic E-state index is 13.8. The third-order valence-corrected chi connectivity index (χ3v) is 10.3. The Labute approximate surface area is 176 Å². The van der Waals surface area contributed by atoms with Crippen molar-refractivity contribution in [1.29, 1.82) is 5.26 Å². The van der Waals surface area contributed by atoms with Crippen molar-refractivity contribution in [1.82, 2.24) is 9.80 Å². The first-order valence-corrected chi connectivity index (χ1v) is 11.8. The SMILES string of the molecule is C[C@]1(C#N)CC23SS[C@@](C)(C(=O)N2[C@H]1c1ccc2c(c1)OCO2)N(C1CC1)C3=O. The van der Waals surface area contributed by atoms with Crippen molar-refractivity contribution in [2.24, 2.45) is 5.41 Å². The quantitative estimate of drug-likeness (QED) is 0.668. The lowest BCUT2D eigenvalue weighted by molar-refractivity contribution is -0.166. The van der Waals surface area contributed by atoms with Gasteiger partial charge in [-0.15, -0.1) is 0 Å². The van der Waals surface area contributed by atoms with Gasteiger partial charge in [-0.25, -0.2) is 0 Å². The van der Waals surface area contributed by atoms with Gasteiger partial charge >= 0.3 is 0 Å². The number of ether oxygens (including phenoxy) is 2. The molecule has 5 fully saturated rings. The lowest BCUT2D eigenvalue weighted by Crippen LogP contribution is -2.75. The van der Waals surface area contributed by atoms with Crippen molar-refractivity contribution in [2.75, 3.05) is 6.79 Å². The number of hydrogen-bond acceptors (Lipinski definition) is 7. The van der Waals surface area contributed by atoms with Crippen molar-refractivity contribution < 1.29 is 19.1 Å². The standard InChI is InChI=1S/C20H19N3O4S2/c1-18(9-21)8-20-17(25)22(12-4-5-12)19(2,28-29-20)16(24)23(20)15(18)11-3-6-13-14(7-11)27-10-26-13/h3,6-7,12,15H,4-5,8,10H2,1-2H3/t15-,18+,19-,20?/m0/s1. The van der Waals surface area contributed by atoms with E-state index in [0.29, 0.717) is 17.9 Å². The minimum Gasteiger partial charge on any atom is -0.454 e. The topological polar surface area (TPSA) is 82.9 Å². The molecule has 4 saturated heterocycles. The van der Waals surface area contributed by atoms with Crippen LogP contribution in [0.3, 0.4) is 0 Å². The maximum Gasteiger partial charge on any atom is 0.261 e. The van der Waals surface area contributed by atoms with Crippen LogP contribution in [0.1, 0.15) is 44.7 Å². The summed E-state index contributed by atoms with van der Waals surface area (Å²) in [6.45, 7) is 3.87. The molecule has 1 aromatic carbocycles. The highest BCUT2D eigenvalue weighted by atomic mass is 33.1. The minimum absolute atomic E-state index is 0.0180. The molecule has 1 spiro atoms. The molecule has 1 saturated carbocycles. The number of amides is 2. The zero-order valence-electron chi connectivity index (χ0n) is 16.0. The first-order chi connectivity index (χ1) is 13.8. The van der Waals surface area contributed by atoms with Crippen LogP contribution in [0, 0.1) is 16.7 Å². The maximum atomic E-state index is 13.8. The average Bonchev–Trinajstić information content (AvgIpc) is 3.34. The Morgan fingerprint density at radius 2 is 1.86 bits per heavy atom. The highest BCUT2D eigenvalue weighted by Crippen LogP contribution is 2.70. The monoisotopic (exact) mass is 429 g/mol. The van der Waals surface area contributed by atoms with Crippen LogP contribution in [0.5, 0.6) is 11.5 Å². The molecule has 1 unspecified atom stereocenters. The number of carbonyl (C=O) groups is 2. The Morgan fingerprint density at radius 1 is 1.10 bits per heavy atom. The molecule has 5 aliphatic heterocycles. The van der Waals surface area contributed by atoms with E-state index in [1.807, 2.05) is 36.9 Å². The molecule has 150 valence electrons. The molecule has 29 heavy (non-hydrogen) atoms. The van der Waals surface area contributed by atoms with E-state index in [9.17, 15) is 14.9 Å². The van der Waals surface area contributed by atoms with E-state index in [1.165, 1.54) is 21.6 Å². The van der Waals surface area contributed by atoms with E-state index < -0.39 is 21.2 Å². The van der Waals surface area contributed by atoms with Gasteiger partial charge in [-0.2, -0.15) is 5.26 Å². The zero-order chi connectivity index (χ0) is 20.2. The zero-order valence-corrected chi connectivity index (χ0v) is 17.6. The molecule has 7 nitrogen and oxygen atoms in total. The summed E-state index contributed by atoms with van der Waals surface area (Å²) in [5.74, 6) is 1.17. The number of piperazine rings is 1. The summed E-state index contributed by atoms with van der Waals surface area (Å²) >= 11 is 0. The van der Waals surface area contributed by atoms with Crippen LogP contribution in [0.15, 0.2) is 18.2 Å². The first-order valence-electron chi connectivity index (χ1n) is 9.69. The number of rotatable bonds is 2. The Hall–Kier alpha value is -2.05. The van der Waals surface area contributed by atoms with Crippen LogP contribution < -0.4 is 9.47 Å². The van der Waals surface area contributed by atoms with Gasteiger partial charge in [-0.3, -0.25) is 9.59 Å². The van der Waals surface area contributed by atoms with Gasteiger partial charge in [0, 0.05) is 12.5 Å². The largest absolute Gasteiger partial charge is 0.454 e. The molecular formula is C20H19N3O4S2. The third kappa shape index (κ3) is 2.01. The molecule has 0 radical (unpaired) electrons. The molecule has 1 aromatic rings. The van der Waals surface area contributed by atoms with Crippen LogP contribution in [0.2, 0.25) is 0 Å². The van der Waals surface area contributed by atoms with Gasteiger partial charge in [-0.05, 0) is 44.4 Å². The Kier molecular flexibility index (Phi) is 3.28.